The fraction of sp³-hybridized carbons (Fsp3) is 0.250. The van der Waals surface area contributed by atoms with Gasteiger partial charge in [0.15, 0.2) is 11.5 Å². The number of para-hydroxylation sites is 1. The molecule has 2 aromatic rings. The monoisotopic (exact) mass is 320 g/mol. The summed E-state index contributed by atoms with van der Waals surface area (Å²) >= 11 is 3.48. The van der Waals surface area contributed by atoms with Gasteiger partial charge in [-0.15, -0.1) is 0 Å². The van der Waals surface area contributed by atoms with E-state index in [2.05, 4.69) is 28.1 Å². The van der Waals surface area contributed by atoms with Gasteiger partial charge in [-0.25, -0.2) is 0 Å². The Morgan fingerprint density at radius 3 is 2.42 bits per heavy atom. The second kappa shape index (κ2) is 7.19. The van der Waals surface area contributed by atoms with Gasteiger partial charge in [0.25, 0.3) is 0 Å². The lowest BCUT2D eigenvalue weighted by Gasteiger charge is -2.15. The number of hydrogen-bond acceptors (Lipinski definition) is 2. The maximum atomic E-state index is 5.94. The van der Waals surface area contributed by atoms with Gasteiger partial charge < -0.3 is 9.47 Å². The van der Waals surface area contributed by atoms with Crippen molar-refractivity contribution in [1.82, 2.24) is 0 Å². The van der Waals surface area contributed by atoms with Crippen LogP contribution in [-0.2, 0) is 11.9 Å². The van der Waals surface area contributed by atoms with Crippen LogP contribution in [0, 0.1) is 0 Å². The summed E-state index contributed by atoms with van der Waals surface area (Å²) in [4.78, 5) is 0. The number of hydrogen-bond donors (Lipinski definition) is 0. The Bertz CT molecular complexity index is 511. The molecule has 0 fully saturated rings. The van der Waals surface area contributed by atoms with Crippen molar-refractivity contribution in [1.29, 1.82) is 0 Å². The standard InChI is InChI=1S/C16H17BrO2/c1-2-18-15-10-6-9-14(11-17)16(15)19-12-13-7-4-3-5-8-13/h3-10H,2,11-12H2,1H3. The van der Waals surface area contributed by atoms with Gasteiger partial charge in [-0.3, -0.25) is 0 Å². The van der Waals surface area contributed by atoms with Gasteiger partial charge in [-0.2, -0.15) is 0 Å². The van der Waals surface area contributed by atoms with Crippen LogP contribution in [0.1, 0.15) is 18.1 Å². The van der Waals surface area contributed by atoms with Gasteiger partial charge in [0.05, 0.1) is 6.61 Å². The van der Waals surface area contributed by atoms with Gasteiger partial charge >= 0.3 is 0 Å². The lowest BCUT2D eigenvalue weighted by molar-refractivity contribution is 0.267. The minimum absolute atomic E-state index is 0.547. The molecule has 0 N–H and O–H groups in total. The zero-order chi connectivity index (χ0) is 13.5. The summed E-state index contributed by atoms with van der Waals surface area (Å²) in [5, 5.41) is 0.748. The molecule has 3 heteroatoms. The van der Waals surface area contributed by atoms with Crippen molar-refractivity contribution in [3.8, 4) is 11.5 Å². The van der Waals surface area contributed by atoms with E-state index < -0.39 is 0 Å². The van der Waals surface area contributed by atoms with Crippen molar-refractivity contribution in [2.24, 2.45) is 0 Å². The number of alkyl halides is 1. The Kier molecular flexibility index (Phi) is 5.28. The summed E-state index contributed by atoms with van der Waals surface area (Å²) in [6, 6.07) is 16.1. The summed E-state index contributed by atoms with van der Waals surface area (Å²) in [6.45, 7) is 3.15. The van der Waals surface area contributed by atoms with E-state index in [-0.39, 0.29) is 0 Å². The minimum Gasteiger partial charge on any atom is -0.490 e. The van der Waals surface area contributed by atoms with Crippen molar-refractivity contribution >= 4 is 15.9 Å². The van der Waals surface area contributed by atoms with E-state index in [9.17, 15) is 0 Å². The molecule has 0 unspecified atom stereocenters. The van der Waals surface area contributed by atoms with Crippen LogP contribution in [0.5, 0.6) is 11.5 Å². The first-order valence-electron chi connectivity index (χ1n) is 6.32. The SMILES string of the molecule is CCOc1cccc(CBr)c1OCc1ccccc1. The molecule has 0 heterocycles. The van der Waals surface area contributed by atoms with Crippen LogP contribution in [0.3, 0.4) is 0 Å². The number of ether oxygens (including phenoxy) is 2. The Morgan fingerprint density at radius 2 is 1.74 bits per heavy atom. The third-order valence-corrected chi connectivity index (χ3v) is 3.33. The summed E-state index contributed by atoms with van der Waals surface area (Å²) in [5.74, 6) is 1.63. The molecular formula is C16H17BrO2. The van der Waals surface area contributed by atoms with Crippen LogP contribution in [-0.4, -0.2) is 6.61 Å². The normalized spacial score (nSPS) is 10.2. The van der Waals surface area contributed by atoms with Crippen molar-refractivity contribution < 1.29 is 9.47 Å². The second-order valence-electron chi connectivity index (χ2n) is 4.09. The largest absolute Gasteiger partial charge is 0.490 e. The third-order valence-electron chi connectivity index (χ3n) is 2.73. The first-order chi connectivity index (χ1) is 9.35. The first-order valence-corrected chi connectivity index (χ1v) is 7.44. The van der Waals surface area contributed by atoms with Gasteiger partial charge in [-0.1, -0.05) is 58.4 Å². The average Bonchev–Trinajstić information content (AvgIpc) is 2.47. The minimum atomic E-state index is 0.547. The molecular weight excluding hydrogens is 304 g/mol. The molecule has 0 aliphatic heterocycles. The highest BCUT2D eigenvalue weighted by atomic mass is 79.9. The van der Waals surface area contributed by atoms with Gasteiger partial charge in [0.1, 0.15) is 6.61 Å². The molecule has 0 saturated heterocycles. The van der Waals surface area contributed by atoms with Crippen molar-refractivity contribution in [2.45, 2.75) is 18.9 Å². The molecule has 0 aliphatic carbocycles. The average molecular weight is 321 g/mol. The second-order valence-corrected chi connectivity index (χ2v) is 4.65. The van der Waals surface area contributed by atoms with E-state index in [1.807, 2.05) is 43.3 Å². The molecule has 19 heavy (non-hydrogen) atoms. The maximum Gasteiger partial charge on any atom is 0.165 e. The van der Waals surface area contributed by atoms with Gasteiger partial charge in [0, 0.05) is 10.9 Å². The molecule has 100 valence electrons. The summed E-state index contributed by atoms with van der Waals surface area (Å²) in [7, 11) is 0. The Labute approximate surface area is 122 Å². The zero-order valence-corrected chi connectivity index (χ0v) is 12.5. The van der Waals surface area contributed by atoms with Crippen molar-refractivity contribution in [2.75, 3.05) is 6.61 Å². The van der Waals surface area contributed by atoms with Gasteiger partial charge in [0.2, 0.25) is 0 Å². The predicted octanol–water partition coefficient (Wildman–Crippen LogP) is 4.56. The Hall–Kier alpha value is -1.48. The zero-order valence-electron chi connectivity index (χ0n) is 10.9. The summed E-state index contributed by atoms with van der Waals surface area (Å²) < 4.78 is 11.6. The predicted molar refractivity (Wildman–Crippen MR) is 81.0 cm³/mol. The van der Waals surface area contributed by atoms with Crippen LogP contribution >= 0.6 is 15.9 Å². The van der Waals surface area contributed by atoms with Gasteiger partial charge in [-0.05, 0) is 18.6 Å². The fourth-order valence-corrected chi connectivity index (χ4v) is 2.27. The van der Waals surface area contributed by atoms with Crippen molar-refractivity contribution in [3.63, 3.8) is 0 Å². The smallest absolute Gasteiger partial charge is 0.165 e. The topological polar surface area (TPSA) is 18.5 Å². The van der Waals surface area contributed by atoms with E-state index in [1.165, 1.54) is 0 Å². The molecule has 0 bridgehead atoms. The van der Waals surface area contributed by atoms with E-state index >= 15 is 0 Å². The van der Waals surface area contributed by atoms with E-state index in [4.69, 9.17) is 9.47 Å². The summed E-state index contributed by atoms with van der Waals surface area (Å²) in [5.41, 5.74) is 2.25. The van der Waals surface area contributed by atoms with Crippen LogP contribution in [0.25, 0.3) is 0 Å². The highest BCUT2D eigenvalue weighted by Gasteiger charge is 2.10. The highest BCUT2D eigenvalue weighted by Crippen LogP contribution is 2.33. The van der Waals surface area contributed by atoms with Crippen LogP contribution < -0.4 is 9.47 Å². The molecule has 0 aliphatic rings. The van der Waals surface area contributed by atoms with E-state index in [0.717, 1.165) is 28.0 Å². The lowest BCUT2D eigenvalue weighted by Crippen LogP contribution is -2.01. The fourth-order valence-electron chi connectivity index (χ4n) is 1.83. The molecule has 0 saturated carbocycles. The Balaban J connectivity index is 2.17. The molecule has 0 radical (unpaired) electrons. The number of benzene rings is 2. The van der Waals surface area contributed by atoms with Crippen LogP contribution in [0.15, 0.2) is 48.5 Å². The quantitative estimate of drug-likeness (QED) is 0.726. The molecule has 2 rings (SSSR count). The molecule has 0 aromatic heterocycles. The number of rotatable bonds is 6. The van der Waals surface area contributed by atoms with Crippen molar-refractivity contribution in [3.05, 3.63) is 59.7 Å². The molecule has 0 atom stereocenters. The van der Waals surface area contributed by atoms with Crippen LogP contribution in [0.2, 0.25) is 0 Å². The lowest BCUT2D eigenvalue weighted by atomic mass is 10.2. The molecule has 0 spiro atoms. The molecule has 2 nitrogen and oxygen atoms in total. The highest BCUT2D eigenvalue weighted by molar-refractivity contribution is 9.08. The van der Waals surface area contributed by atoms with E-state index in [1.54, 1.807) is 0 Å². The summed E-state index contributed by atoms with van der Waals surface area (Å²) in [6.07, 6.45) is 0. The maximum absolute atomic E-state index is 5.94. The molecule has 2 aromatic carbocycles. The Morgan fingerprint density at radius 1 is 0.947 bits per heavy atom. The van der Waals surface area contributed by atoms with E-state index in [0.29, 0.717) is 13.2 Å². The molecule has 0 amide bonds. The van der Waals surface area contributed by atoms with Crippen LogP contribution in [0.4, 0.5) is 0 Å². The first kappa shape index (κ1) is 13.9. The third kappa shape index (κ3) is 3.74. The number of halogens is 1.